The predicted molar refractivity (Wildman–Crippen MR) is 147 cm³/mol. The van der Waals surface area contributed by atoms with Gasteiger partial charge in [0.25, 0.3) is 0 Å². The Morgan fingerprint density at radius 1 is 0.895 bits per heavy atom. The molecule has 3 aliphatic rings. The Hall–Kier alpha value is -3.36. The Morgan fingerprint density at radius 3 is 2.37 bits per heavy atom. The highest BCUT2D eigenvalue weighted by Gasteiger charge is 2.42. The van der Waals surface area contributed by atoms with Crippen LogP contribution in [0.25, 0.3) is 0 Å². The monoisotopic (exact) mass is 531 g/mol. The number of hydrogen-bond acceptors (Lipinski definition) is 5. The fourth-order valence-corrected chi connectivity index (χ4v) is 7.45. The Bertz CT molecular complexity index is 1420. The fourth-order valence-electron chi connectivity index (χ4n) is 6.03. The van der Waals surface area contributed by atoms with Crippen LogP contribution in [-0.2, 0) is 21.4 Å². The van der Waals surface area contributed by atoms with E-state index in [4.69, 9.17) is 4.74 Å². The van der Waals surface area contributed by atoms with E-state index >= 15 is 0 Å². The number of carbonyl (C=O) groups excluding carboxylic acids is 1. The highest BCUT2D eigenvalue weighted by atomic mass is 32.2. The first-order valence-corrected chi connectivity index (χ1v) is 14.8. The summed E-state index contributed by atoms with van der Waals surface area (Å²) in [7, 11) is -3.50. The Kier molecular flexibility index (Phi) is 6.61. The topological polar surface area (TPSA) is 70.2 Å². The van der Waals surface area contributed by atoms with E-state index in [1.165, 1.54) is 11.1 Å². The number of amides is 1. The van der Waals surface area contributed by atoms with E-state index in [0.717, 1.165) is 29.7 Å². The minimum absolute atomic E-state index is 0.0233. The lowest BCUT2D eigenvalue weighted by atomic mass is 9.96. The van der Waals surface area contributed by atoms with Gasteiger partial charge in [0.1, 0.15) is 6.61 Å². The van der Waals surface area contributed by atoms with Crippen molar-refractivity contribution >= 4 is 21.8 Å². The molecule has 2 saturated heterocycles. The van der Waals surface area contributed by atoms with Crippen molar-refractivity contribution in [1.82, 2.24) is 9.21 Å². The van der Waals surface area contributed by atoms with Crippen molar-refractivity contribution in [2.24, 2.45) is 0 Å². The highest BCUT2D eigenvalue weighted by Crippen LogP contribution is 2.50. The van der Waals surface area contributed by atoms with Gasteiger partial charge in [-0.05, 0) is 66.6 Å². The van der Waals surface area contributed by atoms with Crippen LogP contribution in [0.1, 0.15) is 47.1 Å². The summed E-state index contributed by atoms with van der Waals surface area (Å²) in [6, 6.07) is 23.4. The predicted octanol–water partition coefficient (Wildman–Crippen LogP) is 5.08. The molecule has 0 unspecified atom stereocenters. The minimum atomic E-state index is -3.50. The summed E-state index contributed by atoms with van der Waals surface area (Å²) >= 11 is 0. The van der Waals surface area contributed by atoms with Crippen molar-refractivity contribution in [2.75, 3.05) is 37.6 Å². The molecule has 8 heteroatoms. The smallest absolute Gasteiger partial charge is 0.410 e. The number of hydrogen-bond donors (Lipinski definition) is 0. The lowest BCUT2D eigenvalue weighted by molar-refractivity contribution is 0.0694. The third-order valence-corrected chi connectivity index (χ3v) is 10.1. The number of likely N-dealkylation sites (tertiary alicyclic amines) is 1. The van der Waals surface area contributed by atoms with Crippen molar-refractivity contribution in [3.8, 4) is 0 Å². The number of ether oxygens (including phenoxy) is 1. The molecule has 7 nitrogen and oxygen atoms in total. The molecule has 3 aromatic carbocycles. The summed E-state index contributed by atoms with van der Waals surface area (Å²) in [6.45, 7) is 5.06. The number of anilines is 1. The van der Waals surface area contributed by atoms with Crippen LogP contribution in [0.2, 0.25) is 0 Å². The van der Waals surface area contributed by atoms with E-state index in [0.29, 0.717) is 43.5 Å². The van der Waals surface area contributed by atoms with Gasteiger partial charge in [-0.15, -0.1) is 0 Å². The Morgan fingerprint density at radius 2 is 1.63 bits per heavy atom. The fraction of sp³-hybridized carbons (Fsp3) is 0.367. The lowest BCUT2D eigenvalue weighted by Gasteiger charge is -2.36. The number of nitrogens with zero attached hydrogens (tertiary/aromatic N) is 3. The molecule has 1 aliphatic carbocycles. The SMILES string of the molecule is Cc1ccc(S(=O)(=O)N2CCN(c3ccc4c(c3)[C@H]3C[C@H]4CCN3C(=O)OCc3ccccc3)CC2)cc1. The second kappa shape index (κ2) is 10.1. The quantitative estimate of drug-likeness (QED) is 0.460. The van der Waals surface area contributed by atoms with Crippen LogP contribution >= 0.6 is 0 Å². The zero-order valence-corrected chi connectivity index (χ0v) is 22.4. The Labute approximate surface area is 224 Å². The molecule has 1 amide bonds. The van der Waals surface area contributed by atoms with Gasteiger partial charge in [-0.25, -0.2) is 13.2 Å². The molecule has 0 N–H and O–H groups in total. The van der Waals surface area contributed by atoms with Gasteiger partial charge in [-0.2, -0.15) is 4.31 Å². The van der Waals surface area contributed by atoms with Crippen LogP contribution in [0.15, 0.2) is 77.7 Å². The van der Waals surface area contributed by atoms with Crippen LogP contribution in [0.5, 0.6) is 0 Å². The maximum atomic E-state index is 13.1. The van der Waals surface area contributed by atoms with Crippen molar-refractivity contribution in [3.63, 3.8) is 0 Å². The molecular weight excluding hydrogens is 498 g/mol. The van der Waals surface area contributed by atoms with Gasteiger partial charge in [0.15, 0.2) is 0 Å². The molecular formula is C30H33N3O4S. The summed E-state index contributed by atoms with van der Waals surface area (Å²) in [4.78, 5) is 17.5. The van der Waals surface area contributed by atoms with Crippen LogP contribution < -0.4 is 4.90 Å². The molecule has 2 aliphatic heterocycles. The number of aryl methyl sites for hydroxylation is 1. The molecule has 2 heterocycles. The summed E-state index contributed by atoms with van der Waals surface area (Å²) in [5.74, 6) is 0.471. The number of benzene rings is 3. The van der Waals surface area contributed by atoms with E-state index in [1.54, 1.807) is 16.4 Å². The van der Waals surface area contributed by atoms with Crippen LogP contribution in [0.4, 0.5) is 10.5 Å². The molecule has 2 fully saturated rings. The average Bonchev–Trinajstić information content (AvgIpc) is 3.23. The van der Waals surface area contributed by atoms with Gasteiger partial charge in [-0.3, -0.25) is 0 Å². The molecule has 0 radical (unpaired) electrons. The number of piperazine rings is 1. The van der Waals surface area contributed by atoms with E-state index in [9.17, 15) is 13.2 Å². The molecule has 0 aromatic heterocycles. The summed E-state index contributed by atoms with van der Waals surface area (Å²) in [5, 5.41) is 0. The largest absolute Gasteiger partial charge is 0.445 e. The van der Waals surface area contributed by atoms with Crippen molar-refractivity contribution in [1.29, 1.82) is 0 Å². The van der Waals surface area contributed by atoms with Gasteiger partial charge < -0.3 is 14.5 Å². The van der Waals surface area contributed by atoms with Crippen LogP contribution in [0, 0.1) is 6.92 Å². The molecule has 3 aromatic rings. The average molecular weight is 532 g/mol. The lowest BCUT2D eigenvalue weighted by Crippen LogP contribution is -2.48. The third-order valence-electron chi connectivity index (χ3n) is 8.17. The Balaban J connectivity index is 1.14. The maximum Gasteiger partial charge on any atom is 0.410 e. The van der Waals surface area contributed by atoms with Gasteiger partial charge in [-0.1, -0.05) is 54.1 Å². The highest BCUT2D eigenvalue weighted by molar-refractivity contribution is 7.89. The molecule has 38 heavy (non-hydrogen) atoms. The zero-order chi connectivity index (χ0) is 26.3. The van der Waals surface area contributed by atoms with E-state index < -0.39 is 10.0 Å². The van der Waals surface area contributed by atoms with Crippen molar-refractivity contribution < 1.29 is 17.9 Å². The van der Waals surface area contributed by atoms with E-state index in [2.05, 4.69) is 23.1 Å². The second-order valence-corrected chi connectivity index (χ2v) is 12.4. The summed E-state index contributed by atoms with van der Waals surface area (Å²) in [5.41, 5.74) is 5.64. The van der Waals surface area contributed by atoms with E-state index in [-0.39, 0.29) is 18.7 Å². The maximum absolute atomic E-state index is 13.1. The van der Waals surface area contributed by atoms with Crippen molar-refractivity contribution in [3.05, 3.63) is 95.1 Å². The van der Waals surface area contributed by atoms with Gasteiger partial charge in [0, 0.05) is 38.4 Å². The molecule has 0 spiro atoms. The number of carbonyl (C=O) groups is 1. The van der Waals surface area contributed by atoms with Crippen LogP contribution in [0.3, 0.4) is 0 Å². The molecule has 0 saturated carbocycles. The third kappa shape index (κ3) is 4.67. The minimum Gasteiger partial charge on any atom is -0.445 e. The number of rotatable bonds is 5. The first kappa shape index (κ1) is 24.9. The van der Waals surface area contributed by atoms with Gasteiger partial charge in [0.05, 0.1) is 10.9 Å². The zero-order valence-electron chi connectivity index (χ0n) is 21.6. The van der Waals surface area contributed by atoms with Crippen molar-refractivity contribution in [2.45, 2.75) is 43.2 Å². The normalized spacial score (nSPS) is 21.3. The van der Waals surface area contributed by atoms with Gasteiger partial charge in [0.2, 0.25) is 10.0 Å². The molecule has 198 valence electrons. The molecule has 6 rings (SSSR count). The second-order valence-electron chi connectivity index (χ2n) is 10.5. The first-order chi connectivity index (χ1) is 18.4. The number of sulfonamides is 1. The van der Waals surface area contributed by atoms with E-state index in [1.807, 2.05) is 54.3 Å². The number of fused-ring (bicyclic) bond motifs is 5. The van der Waals surface area contributed by atoms with Gasteiger partial charge >= 0.3 is 6.09 Å². The number of piperidine rings is 1. The standard InChI is InChI=1S/C30H33N3O4S/c1-22-7-10-26(11-8-22)38(35,36)32-17-15-31(16-18-32)25-9-12-27-24-13-14-33(29(19-24)28(27)20-25)30(34)37-21-23-5-3-2-4-6-23/h2-12,20,24,29H,13-19,21H2,1H3/t24-,29-/m1/s1. The summed E-state index contributed by atoms with van der Waals surface area (Å²) in [6.07, 6.45) is 1.62. The molecule has 2 bridgehead atoms. The first-order valence-electron chi connectivity index (χ1n) is 13.3. The molecule has 2 atom stereocenters. The van der Waals surface area contributed by atoms with Crippen LogP contribution in [-0.4, -0.2) is 56.4 Å². The summed E-state index contributed by atoms with van der Waals surface area (Å²) < 4.78 is 33.5.